The number of hydrogen-bond acceptors (Lipinski definition) is 8. The van der Waals surface area contributed by atoms with Gasteiger partial charge in [0.1, 0.15) is 16.0 Å². The van der Waals surface area contributed by atoms with Crippen molar-refractivity contribution in [3.05, 3.63) is 56.1 Å². The van der Waals surface area contributed by atoms with Gasteiger partial charge in [0, 0.05) is 0 Å². The molecule has 0 heterocycles. The zero-order chi connectivity index (χ0) is 15.5. The highest BCUT2D eigenvalue weighted by atomic mass is 32.1. The molecular formula is C10H12N2O6S2. The van der Waals surface area contributed by atoms with E-state index in [0.29, 0.717) is 5.56 Å². The molecule has 3 atom stereocenters. The Balaban J connectivity index is 3.04. The minimum absolute atomic E-state index is 0.449. The molecule has 1 aromatic rings. The normalized spacial score (nSPS) is 16.2. The lowest BCUT2D eigenvalue weighted by Gasteiger charge is -2.25. The van der Waals surface area contributed by atoms with Crippen molar-refractivity contribution in [1.82, 2.24) is 0 Å². The summed E-state index contributed by atoms with van der Waals surface area (Å²) in [5.74, 6) is 0. The molecule has 8 nitrogen and oxygen atoms in total. The second-order valence-electron chi connectivity index (χ2n) is 3.99. The van der Waals surface area contributed by atoms with Gasteiger partial charge in [-0.15, -0.1) is 0 Å². The van der Waals surface area contributed by atoms with Gasteiger partial charge < -0.3 is 10.2 Å². The molecule has 20 heavy (non-hydrogen) atoms. The molecule has 10 heteroatoms. The summed E-state index contributed by atoms with van der Waals surface area (Å²) < 4.78 is 0. The van der Waals surface area contributed by atoms with Crippen molar-refractivity contribution in [3.63, 3.8) is 0 Å². The maximum absolute atomic E-state index is 10.8. The van der Waals surface area contributed by atoms with E-state index in [0.717, 1.165) is 0 Å². The second kappa shape index (κ2) is 6.39. The molecule has 1 rings (SSSR count). The van der Waals surface area contributed by atoms with Crippen LogP contribution in [0.25, 0.3) is 0 Å². The van der Waals surface area contributed by atoms with E-state index < -0.39 is 32.3 Å². The van der Waals surface area contributed by atoms with Gasteiger partial charge in [-0.3, -0.25) is 20.2 Å². The Kier molecular flexibility index (Phi) is 5.34. The number of aliphatic hydroxyl groups excluding tert-OH is 2. The van der Waals surface area contributed by atoms with Crippen LogP contribution in [0.15, 0.2) is 30.3 Å². The van der Waals surface area contributed by atoms with Crippen LogP contribution in [0.3, 0.4) is 0 Å². The van der Waals surface area contributed by atoms with Gasteiger partial charge in [-0.25, -0.2) is 0 Å². The highest BCUT2D eigenvalue weighted by Gasteiger charge is 2.63. The van der Waals surface area contributed by atoms with Crippen LogP contribution in [0.2, 0.25) is 0 Å². The average Bonchev–Trinajstić information content (AvgIpc) is 2.44. The van der Waals surface area contributed by atoms with Crippen LogP contribution in [0.4, 0.5) is 0 Å². The topological polar surface area (TPSA) is 127 Å². The molecule has 0 fully saturated rings. The monoisotopic (exact) mass is 320 g/mol. The van der Waals surface area contributed by atoms with Crippen molar-refractivity contribution in [2.24, 2.45) is 0 Å². The first kappa shape index (κ1) is 16.7. The number of benzene rings is 1. The molecule has 0 aliphatic carbocycles. The van der Waals surface area contributed by atoms with Crippen LogP contribution >= 0.6 is 25.3 Å². The maximum atomic E-state index is 10.8. The molecule has 2 N–H and O–H groups in total. The molecule has 1 aromatic carbocycles. The van der Waals surface area contributed by atoms with Gasteiger partial charge in [0.25, 0.3) is 0 Å². The third-order valence-electron chi connectivity index (χ3n) is 2.72. The van der Waals surface area contributed by atoms with Crippen molar-refractivity contribution in [3.8, 4) is 0 Å². The Morgan fingerprint density at radius 2 is 1.55 bits per heavy atom. The Morgan fingerprint density at radius 1 is 1.10 bits per heavy atom. The van der Waals surface area contributed by atoms with Gasteiger partial charge >= 0.3 is 4.99 Å². The molecule has 1 unspecified atom stereocenters. The van der Waals surface area contributed by atoms with Crippen LogP contribution in [0, 0.1) is 20.2 Å². The SMILES string of the molecule is O=[N+]([O-])C(S)([C@@H](O)[C@H](O)C(S)c1ccccc1)[N+](=O)[O-]. The van der Waals surface area contributed by atoms with E-state index in [1.54, 1.807) is 30.3 Å². The highest BCUT2D eigenvalue weighted by Crippen LogP contribution is 2.32. The summed E-state index contributed by atoms with van der Waals surface area (Å²) in [5, 5.41) is 40.1. The van der Waals surface area contributed by atoms with Crippen molar-refractivity contribution >= 4 is 25.3 Å². The summed E-state index contributed by atoms with van der Waals surface area (Å²) in [6, 6.07) is 8.08. The van der Waals surface area contributed by atoms with E-state index in [4.69, 9.17) is 0 Å². The predicted molar refractivity (Wildman–Crippen MR) is 75.9 cm³/mol. The fourth-order valence-corrected chi connectivity index (χ4v) is 2.02. The molecule has 0 aliphatic heterocycles. The number of rotatable bonds is 6. The van der Waals surface area contributed by atoms with E-state index in [2.05, 4.69) is 25.3 Å². The molecule has 0 amide bonds. The van der Waals surface area contributed by atoms with Crippen LogP contribution in [-0.2, 0) is 0 Å². The Morgan fingerprint density at radius 3 is 1.95 bits per heavy atom. The highest BCUT2D eigenvalue weighted by molar-refractivity contribution is 7.81. The Hall–Kier alpha value is -1.36. The molecule has 0 saturated carbocycles. The predicted octanol–water partition coefficient (Wildman–Crippen LogP) is 0.516. The first-order valence-corrected chi connectivity index (χ1v) is 6.29. The number of hydrogen-bond donors (Lipinski definition) is 4. The van der Waals surface area contributed by atoms with Crippen LogP contribution in [0.5, 0.6) is 0 Å². The molecule has 0 spiro atoms. The molecule has 0 radical (unpaired) electrons. The van der Waals surface area contributed by atoms with Gasteiger partial charge in [-0.2, -0.15) is 12.6 Å². The van der Waals surface area contributed by atoms with Crippen LogP contribution in [-0.4, -0.2) is 37.3 Å². The standard InChI is InChI=1S/C10H12N2O6S2/c13-7(8(19)6-4-2-1-3-5-6)9(14)10(20,11(15)16)12(17)18/h1-5,7-9,13-14,19-20H/t7-,8?,9+/m1/s1. The minimum Gasteiger partial charge on any atom is -0.388 e. The third kappa shape index (κ3) is 3.03. The summed E-state index contributed by atoms with van der Waals surface area (Å²) >= 11 is 7.34. The lowest BCUT2D eigenvalue weighted by atomic mass is 10.0. The van der Waals surface area contributed by atoms with Gasteiger partial charge in [0.05, 0.1) is 5.25 Å². The zero-order valence-corrected chi connectivity index (χ0v) is 11.7. The number of aliphatic hydroxyl groups is 2. The van der Waals surface area contributed by atoms with E-state index in [1.807, 2.05) is 0 Å². The summed E-state index contributed by atoms with van der Waals surface area (Å²) in [6.07, 6.45) is -4.20. The summed E-state index contributed by atoms with van der Waals surface area (Å²) in [7, 11) is 0. The van der Waals surface area contributed by atoms with Gasteiger partial charge in [-0.05, 0) is 18.2 Å². The van der Waals surface area contributed by atoms with E-state index in [-0.39, 0.29) is 0 Å². The molecule has 0 aliphatic rings. The fraction of sp³-hybridized carbons (Fsp3) is 0.400. The fourth-order valence-electron chi connectivity index (χ4n) is 1.53. The Bertz CT molecular complexity index is 486. The van der Waals surface area contributed by atoms with Crippen molar-refractivity contribution < 1.29 is 20.1 Å². The van der Waals surface area contributed by atoms with E-state index in [1.165, 1.54) is 0 Å². The third-order valence-corrected chi connectivity index (χ3v) is 3.92. The van der Waals surface area contributed by atoms with Crippen LogP contribution in [0.1, 0.15) is 10.8 Å². The van der Waals surface area contributed by atoms with Crippen LogP contribution < -0.4 is 0 Å². The van der Waals surface area contributed by atoms with Crippen molar-refractivity contribution in [2.75, 3.05) is 0 Å². The molecular weight excluding hydrogens is 308 g/mol. The summed E-state index contributed by atoms with van der Waals surface area (Å²) in [5.41, 5.74) is 0.449. The molecule has 0 aromatic heterocycles. The smallest absolute Gasteiger partial charge is 0.388 e. The lowest BCUT2D eigenvalue weighted by Crippen LogP contribution is -2.56. The molecule has 0 bridgehead atoms. The minimum atomic E-state index is -3.21. The average molecular weight is 320 g/mol. The largest absolute Gasteiger partial charge is 0.531 e. The van der Waals surface area contributed by atoms with Crippen molar-refractivity contribution in [1.29, 1.82) is 0 Å². The van der Waals surface area contributed by atoms with Gasteiger partial charge in [0.2, 0.25) is 6.10 Å². The van der Waals surface area contributed by atoms with Gasteiger partial charge in [0.15, 0.2) is 0 Å². The lowest BCUT2D eigenvalue weighted by molar-refractivity contribution is -0.772. The van der Waals surface area contributed by atoms with Crippen molar-refractivity contribution in [2.45, 2.75) is 22.5 Å². The Labute approximate surface area is 124 Å². The summed E-state index contributed by atoms with van der Waals surface area (Å²) in [6.45, 7) is 0. The van der Waals surface area contributed by atoms with E-state index in [9.17, 15) is 30.4 Å². The first-order chi connectivity index (χ1) is 9.22. The maximum Gasteiger partial charge on any atom is 0.531 e. The first-order valence-electron chi connectivity index (χ1n) is 5.33. The zero-order valence-electron chi connectivity index (χ0n) is 9.94. The number of thiol groups is 2. The quantitative estimate of drug-likeness (QED) is 0.262. The second-order valence-corrected chi connectivity index (χ2v) is 5.21. The molecule has 0 saturated heterocycles. The summed E-state index contributed by atoms with van der Waals surface area (Å²) in [4.78, 5) is 15.6. The number of nitro groups is 2. The molecule has 110 valence electrons. The van der Waals surface area contributed by atoms with Gasteiger partial charge in [-0.1, -0.05) is 30.3 Å². The van der Waals surface area contributed by atoms with E-state index >= 15 is 0 Å². The number of nitrogens with zero attached hydrogens (tertiary/aromatic N) is 2.